The zero-order valence-electron chi connectivity index (χ0n) is 9.97. The Morgan fingerprint density at radius 3 is 3.00 bits per heavy atom. The number of nitriles is 1. The van der Waals surface area contributed by atoms with Gasteiger partial charge in [-0.2, -0.15) is 5.26 Å². The third kappa shape index (κ3) is 2.76. The Hall–Kier alpha value is -2.13. The summed E-state index contributed by atoms with van der Waals surface area (Å²) in [6, 6.07) is 7.40. The quantitative estimate of drug-likeness (QED) is 0.593. The Balaban J connectivity index is 2.14. The van der Waals surface area contributed by atoms with Crippen LogP contribution in [0.2, 0.25) is 0 Å². The van der Waals surface area contributed by atoms with Gasteiger partial charge in [0.15, 0.2) is 0 Å². The van der Waals surface area contributed by atoms with Crippen LogP contribution in [0.1, 0.15) is 29.8 Å². The Morgan fingerprint density at radius 2 is 2.39 bits per heavy atom. The van der Waals surface area contributed by atoms with Gasteiger partial charge in [0.1, 0.15) is 11.5 Å². The molecule has 0 aromatic carbocycles. The third-order valence-corrected chi connectivity index (χ3v) is 2.83. The SMILES string of the molecule is N#CCCN(C(=O)c1cccc(NN)n1)C1CC1. The van der Waals surface area contributed by atoms with Gasteiger partial charge >= 0.3 is 0 Å². The average Bonchev–Trinajstić information content (AvgIpc) is 3.23. The lowest BCUT2D eigenvalue weighted by Gasteiger charge is -2.20. The van der Waals surface area contributed by atoms with E-state index in [1.807, 2.05) is 0 Å². The summed E-state index contributed by atoms with van der Waals surface area (Å²) in [6.45, 7) is 0.460. The van der Waals surface area contributed by atoms with Crippen LogP contribution >= 0.6 is 0 Å². The monoisotopic (exact) mass is 245 g/mol. The highest BCUT2D eigenvalue weighted by Gasteiger charge is 2.33. The predicted octanol–water partition coefficient (Wildman–Crippen LogP) is 0.885. The molecule has 2 rings (SSSR count). The molecule has 0 unspecified atom stereocenters. The summed E-state index contributed by atoms with van der Waals surface area (Å²) in [6.07, 6.45) is 2.36. The lowest BCUT2D eigenvalue weighted by molar-refractivity contribution is 0.0741. The van der Waals surface area contributed by atoms with Crippen LogP contribution < -0.4 is 11.3 Å². The molecule has 0 atom stereocenters. The number of hydrogen-bond acceptors (Lipinski definition) is 5. The molecule has 6 heteroatoms. The maximum Gasteiger partial charge on any atom is 0.272 e. The van der Waals surface area contributed by atoms with Gasteiger partial charge in [-0.05, 0) is 25.0 Å². The van der Waals surface area contributed by atoms with Gasteiger partial charge in [-0.25, -0.2) is 10.8 Å². The van der Waals surface area contributed by atoms with E-state index in [0.717, 1.165) is 12.8 Å². The number of pyridine rings is 1. The van der Waals surface area contributed by atoms with Crippen molar-refractivity contribution in [3.63, 3.8) is 0 Å². The molecule has 0 saturated heterocycles. The van der Waals surface area contributed by atoms with Crippen molar-refractivity contribution >= 4 is 11.7 Å². The number of nitrogens with two attached hydrogens (primary N) is 1. The molecule has 0 spiro atoms. The van der Waals surface area contributed by atoms with Crippen LogP contribution in [0, 0.1) is 11.3 Å². The number of hydrazine groups is 1. The van der Waals surface area contributed by atoms with Gasteiger partial charge in [0, 0.05) is 12.6 Å². The van der Waals surface area contributed by atoms with Gasteiger partial charge in [-0.15, -0.1) is 0 Å². The fraction of sp³-hybridized carbons (Fsp3) is 0.417. The van der Waals surface area contributed by atoms with Gasteiger partial charge in [0.25, 0.3) is 5.91 Å². The van der Waals surface area contributed by atoms with Gasteiger partial charge in [0.05, 0.1) is 12.5 Å². The summed E-state index contributed by atoms with van der Waals surface area (Å²) in [4.78, 5) is 18.1. The minimum atomic E-state index is -0.134. The number of nitrogens with one attached hydrogen (secondary N) is 1. The molecule has 1 amide bonds. The van der Waals surface area contributed by atoms with E-state index in [9.17, 15) is 4.79 Å². The zero-order valence-corrected chi connectivity index (χ0v) is 9.97. The van der Waals surface area contributed by atoms with Crippen molar-refractivity contribution in [1.82, 2.24) is 9.88 Å². The van der Waals surface area contributed by atoms with Crippen molar-refractivity contribution in [3.05, 3.63) is 23.9 Å². The van der Waals surface area contributed by atoms with E-state index in [-0.39, 0.29) is 11.9 Å². The Bertz CT molecular complexity index is 478. The van der Waals surface area contributed by atoms with Crippen molar-refractivity contribution in [1.29, 1.82) is 5.26 Å². The van der Waals surface area contributed by atoms with Crippen molar-refractivity contribution in [2.45, 2.75) is 25.3 Å². The average molecular weight is 245 g/mol. The molecule has 0 aliphatic heterocycles. The first kappa shape index (κ1) is 12.3. The summed E-state index contributed by atoms with van der Waals surface area (Å²) in [5.74, 6) is 5.59. The number of carbonyl (C=O) groups is 1. The number of rotatable bonds is 5. The molecule has 1 heterocycles. The molecule has 1 saturated carbocycles. The van der Waals surface area contributed by atoms with Crippen LogP contribution in [-0.4, -0.2) is 28.4 Å². The number of carbonyl (C=O) groups excluding carboxylic acids is 1. The van der Waals surface area contributed by atoms with Crippen molar-refractivity contribution in [2.75, 3.05) is 12.0 Å². The number of hydrogen-bond donors (Lipinski definition) is 2. The number of nitrogens with zero attached hydrogens (tertiary/aromatic N) is 3. The van der Waals surface area contributed by atoms with Crippen LogP contribution in [0.5, 0.6) is 0 Å². The highest BCUT2D eigenvalue weighted by molar-refractivity contribution is 5.93. The molecule has 18 heavy (non-hydrogen) atoms. The van der Waals surface area contributed by atoms with Crippen molar-refractivity contribution in [3.8, 4) is 6.07 Å². The molecule has 3 N–H and O–H groups in total. The summed E-state index contributed by atoms with van der Waals surface area (Å²) >= 11 is 0. The van der Waals surface area contributed by atoms with Gasteiger partial charge in [-0.3, -0.25) is 4.79 Å². The molecule has 1 aliphatic rings. The summed E-state index contributed by atoms with van der Waals surface area (Å²) in [7, 11) is 0. The maximum atomic E-state index is 12.3. The van der Waals surface area contributed by atoms with Gasteiger partial charge in [0.2, 0.25) is 0 Å². The molecule has 94 valence electrons. The second-order valence-electron chi connectivity index (χ2n) is 4.19. The number of amides is 1. The lowest BCUT2D eigenvalue weighted by atomic mass is 10.3. The largest absolute Gasteiger partial charge is 0.333 e. The first-order valence-corrected chi connectivity index (χ1v) is 5.88. The Labute approximate surface area is 105 Å². The van der Waals surface area contributed by atoms with E-state index >= 15 is 0 Å². The minimum Gasteiger partial charge on any atom is -0.333 e. The van der Waals surface area contributed by atoms with E-state index in [4.69, 9.17) is 11.1 Å². The molecule has 6 nitrogen and oxygen atoms in total. The van der Waals surface area contributed by atoms with Crippen LogP contribution in [-0.2, 0) is 0 Å². The van der Waals surface area contributed by atoms with Crippen molar-refractivity contribution < 1.29 is 4.79 Å². The van der Waals surface area contributed by atoms with Crippen LogP contribution in [0.3, 0.4) is 0 Å². The number of aromatic nitrogens is 1. The molecule has 1 aromatic rings. The maximum absolute atomic E-state index is 12.3. The van der Waals surface area contributed by atoms with Crippen LogP contribution in [0.25, 0.3) is 0 Å². The van der Waals surface area contributed by atoms with Crippen molar-refractivity contribution in [2.24, 2.45) is 5.84 Å². The standard InChI is InChI=1S/C12H15N5O/c13-7-2-8-17(9-5-6-9)12(18)10-3-1-4-11(15-10)16-14/h1,3-4,9H,2,5-6,8,14H2,(H,15,16). The highest BCUT2D eigenvalue weighted by atomic mass is 16.2. The molecular weight excluding hydrogens is 230 g/mol. The number of anilines is 1. The topological polar surface area (TPSA) is 95.0 Å². The van der Waals surface area contributed by atoms with Crippen LogP contribution in [0.15, 0.2) is 18.2 Å². The Kier molecular flexibility index (Phi) is 3.75. The first-order chi connectivity index (χ1) is 8.76. The minimum absolute atomic E-state index is 0.134. The van der Waals surface area contributed by atoms with Gasteiger partial charge in [-0.1, -0.05) is 6.07 Å². The molecule has 1 aromatic heterocycles. The molecule has 1 fully saturated rings. The predicted molar refractivity (Wildman–Crippen MR) is 66.3 cm³/mol. The normalized spacial score (nSPS) is 13.8. The van der Waals surface area contributed by atoms with E-state index in [0.29, 0.717) is 24.5 Å². The van der Waals surface area contributed by atoms with E-state index in [2.05, 4.69) is 16.5 Å². The molecule has 0 bridgehead atoms. The lowest BCUT2D eigenvalue weighted by Crippen LogP contribution is -2.34. The number of nitrogen functional groups attached to an aromatic ring is 1. The molecular formula is C12H15N5O. The molecule has 1 aliphatic carbocycles. The second kappa shape index (κ2) is 5.47. The van der Waals surface area contributed by atoms with E-state index < -0.39 is 0 Å². The van der Waals surface area contributed by atoms with E-state index in [1.54, 1.807) is 23.1 Å². The van der Waals surface area contributed by atoms with E-state index in [1.165, 1.54) is 0 Å². The fourth-order valence-corrected chi connectivity index (χ4v) is 1.79. The first-order valence-electron chi connectivity index (χ1n) is 5.88. The molecule has 0 radical (unpaired) electrons. The highest BCUT2D eigenvalue weighted by Crippen LogP contribution is 2.28. The third-order valence-electron chi connectivity index (χ3n) is 2.83. The Morgan fingerprint density at radius 1 is 1.61 bits per heavy atom. The van der Waals surface area contributed by atoms with Gasteiger partial charge < -0.3 is 10.3 Å². The summed E-state index contributed by atoms with van der Waals surface area (Å²) in [5.41, 5.74) is 2.77. The second-order valence-corrected chi connectivity index (χ2v) is 4.19. The smallest absolute Gasteiger partial charge is 0.272 e. The zero-order chi connectivity index (χ0) is 13.0. The summed E-state index contributed by atoms with van der Waals surface area (Å²) in [5, 5.41) is 8.62. The van der Waals surface area contributed by atoms with Crippen LogP contribution in [0.4, 0.5) is 5.82 Å². The summed E-state index contributed by atoms with van der Waals surface area (Å²) < 4.78 is 0. The fourth-order valence-electron chi connectivity index (χ4n) is 1.79.